The fraction of sp³-hybridized carbons (Fsp3) is 0.900. The number of ether oxygens (including phenoxy) is 2. The molecule has 0 rings (SSSR count). The molecule has 0 aromatic heterocycles. The number of hydrogen-bond acceptors (Lipinski definition) is 7. The van der Waals surface area contributed by atoms with Crippen LogP contribution in [0, 0.1) is 0 Å². The molecule has 172 valence electrons. The molecular weight excluding hydrogens is 399 g/mol. The summed E-state index contributed by atoms with van der Waals surface area (Å²) < 4.78 is 31.0. The Morgan fingerprint density at radius 1 is 0.828 bits per heavy atom. The summed E-state index contributed by atoms with van der Waals surface area (Å²) in [5.74, 6) is -0.836. The molecule has 0 aliphatic heterocycles. The van der Waals surface area contributed by atoms with E-state index in [9.17, 15) is 19.0 Å². The summed E-state index contributed by atoms with van der Waals surface area (Å²) in [4.78, 5) is 33.2. The highest BCUT2D eigenvalue weighted by Crippen LogP contribution is 2.42. The molecule has 1 N–H and O–H groups in total. The van der Waals surface area contributed by atoms with Crippen molar-refractivity contribution in [2.75, 3.05) is 20.3 Å². The number of carbonyl (C=O) groups is 2. The molecule has 0 saturated heterocycles. The summed E-state index contributed by atoms with van der Waals surface area (Å²) in [6.45, 7) is 3.62. The zero-order chi connectivity index (χ0) is 22.0. The lowest BCUT2D eigenvalue weighted by atomic mass is 10.1. The van der Waals surface area contributed by atoms with Crippen molar-refractivity contribution in [2.45, 2.75) is 97.0 Å². The molecule has 0 aliphatic carbocycles. The molecule has 29 heavy (non-hydrogen) atoms. The minimum Gasteiger partial charge on any atom is -0.462 e. The molecule has 0 fully saturated rings. The van der Waals surface area contributed by atoms with Gasteiger partial charge in [-0.3, -0.25) is 18.6 Å². The smallest absolute Gasteiger partial charge is 0.462 e. The molecule has 0 radical (unpaired) electrons. The maximum absolute atomic E-state index is 12.0. The van der Waals surface area contributed by atoms with E-state index in [1.165, 1.54) is 0 Å². The van der Waals surface area contributed by atoms with Gasteiger partial charge in [-0.05, 0) is 12.8 Å². The summed E-state index contributed by atoms with van der Waals surface area (Å²) >= 11 is 0. The minimum absolute atomic E-state index is 0.223. The van der Waals surface area contributed by atoms with Gasteiger partial charge in [0.2, 0.25) is 0 Å². The van der Waals surface area contributed by atoms with Crippen molar-refractivity contribution in [3.63, 3.8) is 0 Å². The van der Waals surface area contributed by atoms with Crippen molar-refractivity contribution in [2.24, 2.45) is 0 Å². The first-order valence-electron chi connectivity index (χ1n) is 10.7. The molecular formula is C20H39O8P. The lowest BCUT2D eigenvalue weighted by molar-refractivity contribution is -0.161. The summed E-state index contributed by atoms with van der Waals surface area (Å²) in [7, 11) is -3.17. The van der Waals surface area contributed by atoms with Crippen LogP contribution in [0.25, 0.3) is 0 Å². The molecule has 0 bridgehead atoms. The van der Waals surface area contributed by atoms with Gasteiger partial charge in [-0.1, -0.05) is 65.2 Å². The summed E-state index contributed by atoms with van der Waals surface area (Å²) in [6.07, 6.45) is 9.59. The van der Waals surface area contributed by atoms with Gasteiger partial charge in [-0.2, -0.15) is 0 Å². The number of hydrogen-bond donors (Lipinski definition) is 1. The summed E-state index contributed by atoms with van der Waals surface area (Å²) in [5.41, 5.74) is 0. The minimum atomic E-state index is -4.21. The highest BCUT2D eigenvalue weighted by molar-refractivity contribution is 7.47. The Labute approximate surface area is 175 Å². The van der Waals surface area contributed by atoms with Gasteiger partial charge in [-0.25, -0.2) is 4.57 Å². The maximum atomic E-state index is 12.0. The third kappa shape index (κ3) is 17.6. The monoisotopic (exact) mass is 438 g/mol. The third-order valence-electron chi connectivity index (χ3n) is 4.35. The molecule has 1 unspecified atom stereocenters. The van der Waals surface area contributed by atoms with E-state index in [2.05, 4.69) is 18.4 Å². The number of phosphoric acid groups is 1. The highest BCUT2D eigenvalue weighted by atomic mass is 31.2. The largest absolute Gasteiger partial charge is 0.472 e. The first-order valence-corrected chi connectivity index (χ1v) is 12.2. The van der Waals surface area contributed by atoms with E-state index in [1.807, 2.05) is 0 Å². The molecule has 0 aromatic rings. The Balaban J connectivity index is 4.36. The predicted octanol–water partition coefficient (Wildman–Crippen LogP) is 4.93. The molecule has 0 aliphatic rings. The van der Waals surface area contributed by atoms with Gasteiger partial charge in [0, 0.05) is 20.0 Å². The van der Waals surface area contributed by atoms with E-state index in [-0.39, 0.29) is 19.0 Å². The molecule has 0 amide bonds. The van der Waals surface area contributed by atoms with Crippen molar-refractivity contribution in [1.29, 1.82) is 0 Å². The van der Waals surface area contributed by atoms with Crippen molar-refractivity contribution >= 4 is 19.8 Å². The van der Waals surface area contributed by atoms with Gasteiger partial charge >= 0.3 is 19.8 Å². The van der Waals surface area contributed by atoms with E-state index in [0.717, 1.165) is 64.9 Å². The van der Waals surface area contributed by atoms with Gasteiger partial charge in [-0.15, -0.1) is 0 Å². The van der Waals surface area contributed by atoms with E-state index >= 15 is 0 Å². The Morgan fingerprint density at radius 3 is 1.86 bits per heavy atom. The molecule has 0 saturated carbocycles. The van der Waals surface area contributed by atoms with E-state index < -0.39 is 26.5 Å². The fourth-order valence-electron chi connectivity index (χ4n) is 2.59. The summed E-state index contributed by atoms with van der Waals surface area (Å²) in [5, 5.41) is 0. The number of phosphoric ester groups is 1. The Bertz CT molecular complexity index is 483. The highest BCUT2D eigenvalue weighted by Gasteiger charge is 2.24. The Kier molecular flexibility index (Phi) is 17.3. The quantitative estimate of drug-likeness (QED) is 0.172. The molecule has 0 spiro atoms. The first kappa shape index (κ1) is 28.1. The molecule has 8 nitrogen and oxygen atoms in total. The molecule has 0 aromatic carbocycles. The number of carbonyl (C=O) groups excluding carboxylic acids is 2. The lowest BCUT2D eigenvalue weighted by Gasteiger charge is -2.19. The number of rotatable bonds is 19. The Hall–Kier alpha value is -0.950. The van der Waals surface area contributed by atoms with Gasteiger partial charge in [0.05, 0.1) is 6.61 Å². The standard InChI is InChI=1S/C20H39O8P/c1-4-6-8-10-12-14-19(21)26-16-18(17-27-29(23,24)25-3)28-20(22)15-13-11-9-7-5-2/h18H,4-17H2,1-3H3,(H,23,24)/t18-/m1/s1. The van der Waals surface area contributed by atoms with Crippen LogP contribution in [0.4, 0.5) is 0 Å². The normalized spacial score (nSPS) is 14.2. The van der Waals surface area contributed by atoms with Crippen LogP contribution in [-0.2, 0) is 32.7 Å². The predicted molar refractivity (Wildman–Crippen MR) is 110 cm³/mol. The second-order valence-corrected chi connectivity index (χ2v) is 8.63. The first-order chi connectivity index (χ1) is 13.8. The number of esters is 2. The summed E-state index contributed by atoms with van der Waals surface area (Å²) in [6, 6.07) is 0. The van der Waals surface area contributed by atoms with Gasteiger partial charge < -0.3 is 14.4 Å². The molecule has 0 heterocycles. The Morgan fingerprint density at radius 2 is 1.34 bits per heavy atom. The molecule has 9 heteroatoms. The van der Waals surface area contributed by atoms with Crippen LogP contribution in [0.5, 0.6) is 0 Å². The van der Waals surface area contributed by atoms with Crippen molar-refractivity contribution < 1.29 is 37.6 Å². The van der Waals surface area contributed by atoms with Crippen molar-refractivity contribution in [3.8, 4) is 0 Å². The lowest BCUT2D eigenvalue weighted by Crippen LogP contribution is -2.29. The average molecular weight is 438 g/mol. The van der Waals surface area contributed by atoms with Crippen LogP contribution in [0.2, 0.25) is 0 Å². The van der Waals surface area contributed by atoms with Crippen LogP contribution < -0.4 is 0 Å². The topological polar surface area (TPSA) is 108 Å². The van der Waals surface area contributed by atoms with E-state index in [4.69, 9.17) is 14.0 Å². The van der Waals surface area contributed by atoms with Crippen LogP contribution in [-0.4, -0.2) is 43.3 Å². The second kappa shape index (κ2) is 17.9. The van der Waals surface area contributed by atoms with Crippen LogP contribution in [0.15, 0.2) is 0 Å². The number of unbranched alkanes of at least 4 members (excludes halogenated alkanes) is 8. The van der Waals surface area contributed by atoms with Crippen molar-refractivity contribution in [1.82, 2.24) is 0 Å². The van der Waals surface area contributed by atoms with Crippen LogP contribution in [0.1, 0.15) is 90.9 Å². The van der Waals surface area contributed by atoms with Crippen molar-refractivity contribution in [3.05, 3.63) is 0 Å². The SMILES string of the molecule is CCCCCCCC(=O)OC[C@H](COP(=O)(O)OC)OC(=O)CCCCCCC. The maximum Gasteiger partial charge on any atom is 0.472 e. The van der Waals surface area contributed by atoms with Crippen LogP contribution in [0.3, 0.4) is 0 Å². The van der Waals surface area contributed by atoms with Crippen LogP contribution >= 0.6 is 7.82 Å². The van der Waals surface area contributed by atoms with E-state index in [1.54, 1.807) is 0 Å². The van der Waals surface area contributed by atoms with Gasteiger partial charge in [0.1, 0.15) is 6.61 Å². The fourth-order valence-corrected chi connectivity index (χ4v) is 3.05. The zero-order valence-electron chi connectivity index (χ0n) is 18.2. The zero-order valence-corrected chi connectivity index (χ0v) is 19.1. The third-order valence-corrected chi connectivity index (χ3v) is 5.29. The second-order valence-electron chi connectivity index (χ2n) is 7.07. The molecule has 2 atom stereocenters. The average Bonchev–Trinajstić information content (AvgIpc) is 2.69. The van der Waals surface area contributed by atoms with E-state index in [0.29, 0.717) is 12.8 Å². The van der Waals surface area contributed by atoms with Gasteiger partial charge in [0.25, 0.3) is 0 Å². The van der Waals surface area contributed by atoms with Gasteiger partial charge in [0.15, 0.2) is 6.10 Å².